The molecular weight excluding hydrogens is 176 g/mol. The van der Waals surface area contributed by atoms with Crippen molar-refractivity contribution in [3.05, 3.63) is 29.1 Å². The van der Waals surface area contributed by atoms with Crippen LogP contribution in [0.2, 0.25) is 0 Å². The molecule has 0 aliphatic rings. The van der Waals surface area contributed by atoms with E-state index in [1.807, 2.05) is 0 Å². The fourth-order valence-electron chi connectivity index (χ4n) is 0.709. The Bertz CT molecular complexity index is 287. The summed E-state index contributed by atoms with van der Waals surface area (Å²) in [4.78, 5) is 2.34. The quantitative estimate of drug-likeness (QED) is 0.519. The Morgan fingerprint density at radius 3 is 1.75 bits per heavy atom. The van der Waals surface area contributed by atoms with Crippen LogP contribution >= 0.6 is 0 Å². The summed E-state index contributed by atoms with van der Waals surface area (Å²) in [5.41, 5.74) is 4.01. The average Bonchev–Trinajstić information content (AvgIpc) is 2.02. The van der Waals surface area contributed by atoms with Gasteiger partial charge in [-0.05, 0) is 0 Å². The number of nitrogens with zero attached hydrogens (tertiary/aromatic N) is 1. The molecule has 0 radical (unpaired) electrons. The predicted octanol–water partition coefficient (Wildman–Crippen LogP) is 1.10. The van der Waals surface area contributed by atoms with Crippen molar-refractivity contribution in [1.29, 1.82) is 0 Å². The predicted molar refractivity (Wildman–Crippen MR) is 32.0 cm³/mol. The molecule has 0 fully saturated rings. The van der Waals surface area contributed by atoms with Crippen LogP contribution in [0.1, 0.15) is 5.56 Å². The standard InChI is InChI=1S/C6H4F4N2/c7-3-2(1-11)4(8)6(10)12-5(3)9/h1,11H2. The van der Waals surface area contributed by atoms with Gasteiger partial charge in [0.25, 0.3) is 11.9 Å². The van der Waals surface area contributed by atoms with Gasteiger partial charge in [0.15, 0.2) is 11.6 Å². The highest BCUT2D eigenvalue weighted by Gasteiger charge is 2.18. The van der Waals surface area contributed by atoms with E-state index < -0.39 is 35.6 Å². The van der Waals surface area contributed by atoms with Gasteiger partial charge in [0, 0.05) is 12.1 Å². The molecule has 6 heteroatoms. The molecule has 0 saturated carbocycles. The van der Waals surface area contributed by atoms with E-state index in [-0.39, 0.29) is 0 Å². The van der Waals surface area contributed by atoms with E-state index >= 15 is 0 Å². The molecule has 0 aliphatic heterocycles. The van der Waals surface area contributed by atoms with E-state index in [0.29, 0.717) is 0 Å². The van der Waals surface area contributed by atoms with E-state index in [1.165, 1.54) is 0 Å². The molecular formula is C6H4F4N2. The highest BCUT2D eigenvalue weighted by molar-refractivity contribution is 5.16. The Balaban J connectivity index is 3.42. The lowest BCUT2D eigenvalue weighted by Gasteiger charge is -2.01. The zero-order valence-corrected chi connectivity index (χ0v) is 5.74. The number of pyridine rings is 1. The molecule has 1 heterocycles. The molecule has 0 unspecified atom stereocenters. The van der Waals surface area contributed by atoms with Crippen LogP contribution in [0.4, 0.5) is 17.6 Å². The fraction of sp³-hybridized carbons (Fsp3) is 0.167. The van der Waals surface area contributed by atoms with E-state index in [1.54, 1.807) is 0 Å². The topological polar surface area (TPSA) is 38.9 Å². The van der Waals surface area contributed by atoms with Crippen LogP contribution in [0.25, 0.3) is 0 Å². The molecule has 0 aromatic carbocycles. The lowest BCUT2D eigenvalue weighted by molar-refractivity contribution is 0.395. The van der Waals surface area contributed by atoms with Gasteiger partial charge in [0.2, 0.25) is 0 Å². The van der Waals surface area contributed by atoms with Crippen LogP contribution in [0.3, 0.4) is 0 Å². The maximum Gasteiger partial charge on any atom is 0.252 e. The van der Waals surface area contributed by atoms with Gasteiger partial charge in [-0.3, -0.25) is 0 Å². The van der Waals surface area contributed by atoms with E-state index in [2.05, 4.69) is 4.98 Å². The highest BCUT2D eigenvalue weighted by Crippen LogP contribution is 2.15. The smallest absolute Gasteiger partial charge is 0.252 e. The largest absolute Gasteiger partial charge is 0.326 e. The minimum atomic E-state index is -1.69. The first-order valence-electron chi connectivity index (χ1n) is 2.96. The number of halogens is 4. The molecule has 0 amide bonds. The molecule has 0 saturated heterocycles. The van der Waals surface area contributed by atoms with Crippen LogP contribution in [-0.2, 0) is 6.54 Å². The normalized spacial score (nSPS) is 10.4. The molecule has 1 rings (SSSR count). The Hall–Kier alpha value is -1.17. The van der Waals surface area contributed by atoms with Gasteiger partial charge in [-0.15, -0.1) is 0 Å². The Labute approximate surface area is 65.0 Å². The van der Waals surface area contributed by atoms with Crippen molar-refractivity contribution in [3.63, 3.8) is 0 Å². The van der Waals surface area contributed by atoms with Crippen molar-refractivity contribution >= 4 is 0 Å². The van der Waals surface area contributed by atoms with Gasteiger partial charge < -0.3 is 5.73 Å². The van der Waals surface area contributed by atoms with Crippen LogP contribution in [-0.4, -0.2) is 4.98 Å². The lowest BCUT2D eigenvalue weighted by Crippen LogP contribution is -2.10. The van der Waals surface area contributed by atoms with Gasteiger partial charge in [-0.25, -0.2) is 8.78 Å². The summed E-state index contributed by atoms with van der Waals surface area (Å²) in [6, 6.07) is 0. The van der Waals surface area contributed by atoms with Crippen LogP contribution in [0, 0.1) is 23.5 Å². The summed E-state index contributed by atoms with van der Waals surface area (Å²) in [6.07, 6.45) is 0. The van der Waals surface area contributed by atoms with Gasteiger partial charge in [0.05, 0.1) is 0 Å². The molecule has 12 heavy (non-hydrogen) atoms. The third-order valence-electron chi connectivity index (χ3n) is 1.29. The number of nitrogens with two attached hydrogens (primary N) is 1. The summed E-state index contributed by atoms with van der Waals surface area (Å²) >= 11 is 0. The first-order chi connectivity index (χ1) is 5.57. The lowest BCUT2D eigenvalue weighted by atomic mass is 10.2. The fourth-order valence-corrected chi connectivity index (χ4v) is 0.709. The zero-order chi connectivity index (χ0) is 9.30. The van der Waals surface area contributed by atoms with Crippen molar-refractivity contribution in [2.75, 3.05) is 0 Å². The van der Waals surface area contributed by atoms with Crippen LogP contribution < -0.4 is 5.73 Å². The highest BCUT2D eigenvalue weighted by atomic mass is 19.2. The van der Waals surface area contributed by atoms with E-state index in [4.69, 9.17) is 5.73 Å². The maximum atomic E-state index is 12.5. The summed E-state index contributed by atoms with van der Waals surface area (Å²) < 4.78 is 49.6. The average molecular weight is 180 g/mol. The summed E-state index contributed by atoms with van der Waals surface area (Å²) in [5.74, 6) is -6.46. The minimum absolute atomic E-state index is 0.617. The number of hydrogen-bond acceptors (Lipinski definition) is 2. The minimum Gasteiger partial charge on any atom is -0.326 e. The third-order valence-corrected chi connectivity index (χ3v) is 1.29. The molecule has 1 aromatic rings. The summed E-state index contributed by atoms with van der Waals surface area (Å²) in [6.45, 7) is -0.617. The molecule has 2 N–H and O–H groups in total. The van der Waals surface area contributed by atoms with Crippen molar-refractivity contribution in [3.8, 4) is 0 Å². The van der Waals surface area contributed by atoms with Gasteiger partial charge in [-0.2, -0.15) is 13.8 Å². The first kappa shape index (κ1) is 8.92. The van der Waals surface area contributed by atoms with Gasteiger partial charge in [0.1, 0.15) is 0 Å². The van der Waals surface area contributed by atoms with Crippen LogP contribution in [0.15, 0.2) is 0 Å². The van der Waals surface area contributed by atoms with E-state index in [0.717, 1.165) is 0 Å². The Morgan fingerprint density at radius 1 is 1.00 bits per heavy atom. The number of hydrogen-bond donors (Lipinski definition) is 1. The number of aromatic nitrogens is 1. The van der Waals surface area contributed by atoms with Gasteiger partial charge >= 0.3 is 0 Å². The van der Waals surface area contributed by atoms with Crippen LogP contribution in [0.5, 0.6) is 0 Å². The zero-order valence-electron chi connectivity index (χ0n) is 5.74. The first-order valence-corrected chi connectivity index (χ1v) is 2.96. The Morgan fingerprint density at radius 2 is 1.42 bits per heavy atom. The van der Waals surface area contributed by atoms with Crippen molar-refractivity contribution in [1.82, 2.24) is 4.98 Å². The number of rotatable bonds is 1. The monoisotopic (exact) mass is 180 g/mol. The molecule has 2 nitrogen and oxygen atoms in total. The second-order valence-corrected chi connectivity index (χ2v) is 2.00. The van der Waals surface area contributed by atoms with Crippen molar-refractivity contribution < 1.29 is 17.6 Å². The molecule has 66 valence electrons. The molecule has 0 spiro atoms. The second kappa shape index (κ2) is 3.06. The summed E-state index contributed by atoms with van der Waals surface area (Å²) in [5, 5.41) is 0. The van der Waals surface area contributed by atoms with E-state index in [9.17, 15) is 17.6 Å². The molecule has 0 bridgehead atoms. The SMILES string of the molecule is NCc1c(F)c(F)nc(F)c1F. The molecule has 0 aliphatic carbocycles. The molecule has 0 atom stereocenters. The van der Waals surface area contributed by atoms with Gasteiger partial charge in [-0.1, -0.05) is 0 Å². The van der Waals surface area contributed by atoms with Crippen molar-refractivity contribution in [2.45, 2.75) is 6.54 Å². The maximum absolute atomic E-state index is 12.5. The third kappa shape index (κ3) is 1.25. The Kier molecular flexibility index (Phi) is 2.27. The second-order valence-electron chi connectivity index (χ2n) is 2.00. The summed E-state index contributed by atoms with van der Waals surface area (Å²) in [7, 11) is 0. The molecule has 1 aromatic heterocycles. The van der Waals surface area contributed by atoms with Crippen molar-refractivity contribution in [2.24, 2.45) is 5.73 Å².